The number of hydrogen-bond acceptors (Lipinski definition) is 3. The predicted molar refractivity (Wildman–Crippen MR) is 71.6 cm³/mol. The van der Waals surface area contributed by atoms with E-state index in [0.29, 0.717) is 12.1 Å². The normalized spacial score (nSPS) is 11.7. The number of nitrogens with zero attached hydrogens (tertiary/aromatic N) is 1. The highest BCUT2D eigenvalue weighted by Gasteiger charge is 2.20. The van der Waals surface area contributed by atoms with Gasteiger partial charge in [0.25, 0.3) is 0 Å². The van der Waals surface area contributed by atoms with Crippen LogP contribution < -0.4 is 0 Å². The van der Waals surface area contributed by atoms with Crippen molar-refractivity contribution < 1.29 is 13.5 Å². The summed E-state index contributed by atoms with van der Waals surface area (Å²) < 4.78 is 25.8. The molecule has 4 nitrogen and oxygen atoms in total. The van der Waals surface area contributed by atoms with Crippen LogP contribution >= 0.6 is 0 Å². The molecule has 1 aromatic carbocycles. The third-order valence-corrected chi connectivity index (χ3v) is 4.52. The molecule has 0 aliphatic carbocycles. The summed E-state index contributed by atoms with van der Waals surface area (Å²) in [6.07, 6.45) is 3.31. The predicted octanol–water partition coefficient (Wildman–Crippen LogP) is 1.77. The summed E-state index contributed by atoms with van der Waals surface area (Å²) >= 11 is 0. The quantitative estimate of drug-likeness (QED) is 0.606. The van der Waals surface area contributed by atoms with Gasteiger partial charge in [0.15, 0.2) is 0 Å². The van der Waals surface area contributed by atoms with Gasteiger partial charge in [0, 0.05) is 13.6 Å². The molecule has 0 aromatic heterocycles. The average Bonchev–Trinajstić information content (AvgIpc) is 2.39. The summed E-state index contributed by atoms with van der Waals surface area (Å²) in [5, 5.41) is 9.02. The topological polar surface area (TPSA) is 57.6 Å². The summed E-state index contributed by atoms with van der Waals surface area (Å²) in [5.74, 6) is 0. The minimum atomic E-state index is -3.46. The number of sulfonamides is 1. The smallest absolute Gasteiger partial charge is 0.242 e. The highest BCUT2D eigenvalue weighted by Crippen LogP contribution is 2.16. The number of benzene rings is 1. The molecule has 0 atom stereocenters. The van der Waals surface area contributed by atoms with E-state index >= 15 is 0 Å². The number of aliphatic hydroxyl groups is 1. The lowest BCUT2D eigenvalue weighted by Gasteiger charge is -2.17. The molecule has 0 saturated heterocycles. The third-order valence-electron chi connectivity index (χ3n) is 2.67. The van der Waals surface area contributed by atoms with Crippen LogP contribution in [0.25, 0.3) is 0 Å². The molecule has 0 aliphatic heterocycles. The van der Waals surface area contributed by atoms with E-state index in [9.17, 15) is 8.42 Å². The van der Waals surface area contributed by atoms with Crippen LogP contribution in [-0.2, 0) is 16.6 Å². The first-order valence-electron chi connectivity index (χ1n) is 5.79. The van der Waals surface area contributed by atoms with Crippen LogP contribution in [0.3, 0.4) is 0 Å². The highest BCUT2D eigenvalue weighted by molar-refractivity contribution is 7.89. The van der Waals surface area contributed by atoms with Crippen LogP contribution in [0.15, 0.2) is 41.8 Å². The van der Waals surface area contributed by atoms with Crippen LogP contribution in [0, 0.1) is 0 Å². The maximum absolute atomic E-state index is 12.2. The van der Waals surface area contributed by atoms with E-state index in [1.165, 1.54) is 10.4 Å². The molecular formula is C13H19NO3S. The molecule has 1 rings (SSSR count). The molecule has 0 spiro atoms. The highest BCUT2D eigenvalue weighted by atomic mass is 32.2. The molecule has 0 amide bonds. The van der Waals surface area contributed by atoms with E-state index in [1.54, 1.807) is 31.3 Å². The van der Waals surface area contributed by atoms with Gasteiger partial charge in [-0.15, -0.1) is 6.58 Å². The van der Waals surface area contributed by atoms with Crippen LogP contribution in [0.1, 0.15) is 18.4 Å². The van der Waals surface area contributed by atoms with E-state index in [2.05, 4.69) is 6.58 Å². The molecule has 0 unspecified atom stereocenters. The second-order valence-corrected chi connectivity index (χ2v) is 6.11. The largest absolute Gasteiger partial charge is 0.392 e. The van der Waals surface area contributed by atoms with Crippen molar-refractivity contribution in [2.24, 2.45) is 0 Å². The SMILES string of the molecule is C=CCCCN(C)S(=O)(=O)c1cccc(CO)c1. The Kier molecular flexibility index (Phi) is 5.53. The van der Waals surface area contributed by atoms with Gasteiger partial charge in [-0.3, -0.25) is 0 Å². The van der Waals surface area contributed by atoms with E-state index in [-0.39, 0.29) is 11.5 Å². The zero-order valence-corrected chi connectivity index (χ0v) is 11.4. The van der Waals surface area contributed by atoms with Crippen molar-refractivity contribution in [3.8, 4) is 0 Å². The fourth-order valence-corrected chi connectivity index (χ4v) is 2.84. The van der Waals surface area contributed by atoms with Gasteiger partial charge in [0.05, 0.1) is 11.5 Å². The molecule has 100 valence electrons. The standard InChI is InChI=1S/C13H19NO3S/c1-3-4-5-9-14(2)18(16,17)13-8-6-7-12(10-13)11-15/h3,6-8,10,15H,1,4-5,9,11H2,2H3. The molecular weight excluding hydrogens is 250 g/mol. The molecule has 1 N–H and O–H groups in total. The number of hydrogen-bond donors (Lipinski definition) is 1. The Labute approximate surface area is 109 Å². The average molecular weight is 269 g/mol. The fourth-order valence-electron chi connectivity index (χ4n) is 1.56. The van der Waals surface area contributed by atoms with Gasteiger partial charge < -0.3 is 5.11 Å². The van der Waals surface area contributed by atoms with Gasteiger partial charge in [-0.25, -0.2) is 12.7 Å². The first-order valence-corrected chi connectivity index (χ1v) is 7.23. The Bertz CT molecular complexity index is 497. The zero-order valence-electron chi connectivity index (χ0n) is 10.5. The van der Waals surface area contributed by atoms with E-state index in [4.69, 9.17) is 5.11 Å². The number of allylic oxidation sites excluding steroid dienone is 1. The van der Waals surface area contributed by atoms with Crippen molar-refractivity contribution in [2.75, 3.05) is 13.6 Å². The molecule has 0 fully saturated rings. The second-order valence-electron chi connectivity index (χ2n) is 4.06. The molecule has 18 heavy (non-hydrogen) atoms. The first kappa shape index (κ1) is 14.9. The first-order chi connectivity index (χ1) is 8.52. The molecule has 0 heterocycles. The van der Waals surface area contributed by atoms with Crippen LogP contribution in [-0.4, -0.2) is 31.4 Å². The Morgan fingerprint density at radius 1 is 1.44 bits per heavy atom. The molecule has 0 radical (unpaired) electrons. The van der Waals surface area contributed by atoms with E-state index in [1.807, 2.05) is 0 Å². The van der Waals surface area contributed by atoms with E-state index in [0.717, 1.165) is 12.8 Å². The van der Waals surface area contributed by atoms with Crippen molar-refractivity contribution in [3.05, 3.63) is 42.5 Å². The lowest BCUT2D eigenvalue weighted by molar-refractivity contribution is 0.281. The number of unbranched alkanes of at least 4 members (excludes halogenated alkanes) is 1. The van der Waals surface area contributed by atoms with Crippen LogP contribution in [0.2, 0.25) is 0 Å². The Morgan fingerprint density at radius 2 is 2.17 bits per heavy atom. The monoisotopic (exact) mass is 269 g/mol. The molecule has 0 bridgehead atoms. The minimum Gasteiger partial charge on any atom is -0.392 e. The maximum atomic E-state index is 12.2. The summed E-state index contributed by atoms with van der Waals surface area (Å²) in [6, 6.07) is 6.37. The summed E-state index contributed by atoms with van der Waals surface area (Å²) in [6.45, 7) is 3.90. The second kappa shape index (κ2) is 6.68. The zero-order chi connectivity index (χ0) is 13.6. The summed E-state index contributed by atoms with van der Waals surface area (Å²) in [5.41, 5.74) is 0.593. The summed E-state index contributed by atoms with van der Waals surface area (Å²) in [7, 11) is -1.90. The van der Waals surface area contributed by atoms with Crippen molar-refractivity contribution in [2.45, 2.75) is 24.3 Å². The fraction of sp³-hybridized carbons (Fsp3) is 0.385. The third kappa shape index (κ3) is 3.66. The maximum Gasteiger partial charge on any atom is 0.242 e. The van der Waals surface area contributed by atoms with Gasteiger partial charge in [0.2, 0.25) is 10.0 Å². The minimum absolute atomic E-state index is 0.163. The molecule has 0 aliphatic rings. The van der Waals surface area contributed by atoms with E-state index < -0.39 is 10.0 Å². The van der Waals surface area contributed by atoms with Gasteiger partial charge in [-0.05, 0) is 30.5 Å². The van der Waals surface area contributed by atoms with Gasteiger partial charge in [-0.1, -0.05) is 18.2 Å². The van der Waals surface area contributed by atoms with Crippen molar-refractivity contribution in [1.82, 2.24) is 4.31 Å². The van der Waals surface area contributed by atoms with Crippen molar-refractivity contribution >= 4 is 10.0 Å². The van der Waals surface area contributed by atoms with Gasteiger partial charge in [-0.2, -0.15) is 0 Å². The summed E-state index contributed by atoms with van der Waals surface area (Å²) in [4.78, 5) is 0.218. The lowest BCUT2D eigenvalue weighted by atomic mass is 10.2. The van der Waals surface area contributed by atoms with Crippen LogP contribution in [0.5, 0.6) is 0 Å². The Balaban J connectivity index is 2.87. The molecule has 1 aromatic rings. The van der Waals surface area contributed by atoms with Gasteiger partial charge in [0.1, 0.15) is 0 Å². The number of aliphatic hydroxyl groups excluding tert-OH is 1. The van der Waals surface area contributed by atoms with Crippen molar-refractivity contribution in [3.63, 3.8) is 0 Å². The number of rotatable bonds is 7. The Morgan fingerprint density at radius 3 is 2.78 bits per heavy atom. The van der Waals surface area contributed by atoms with Crippen molar-refractivity contribution in [1.29, 1.82) is 0 Å². The lowest BCUT2D eigenvalue weighted by Crippen LogP contribution is -2.28. The molecule has 5 heteroatoms. The molecule has 0 saturated carbocycles. The Hall–Kier alpha value is -1.17. The van der Waals surface area contributed by atoms with Gasteiger partial charge >= 0.3 is 0 Å². The van der Waals surface area contributed by atoms with Crippen LogP contribution in [0.4, 0.5) is 0 Å².